The second-order valence-corrected chi connectivity index (χ2v) is 6.75. The van der Waals surface area contributed by atoms with Crippen LogP contribution in [0, 0.1) is 11.3 Å². The van der Waals surface area contributed by atoms with Crippen molar-refractivity contribution in [3.05, 3.63) is 70.4 Å². The van der Waals surface area contributed by atoms with Gasteiger partial charge in [-0.2, -0.15) is 5.26 Å². The van der Waals surface area contributed by atoms with Gasteiger partial charge < -0.3 is 20.1 Å². The average molecular weight is 414 g/mol. The predicted molar refractivity (Wildman–Crippen MR) is 113 cm³/mol. The molecule has 0 saturated carbocycles. The Hall–Kier alpha value is -3.17. The van der Waals surface area contributed by atoms with E-state index < -0.39 is 5.91 Å². The molecule has 0 radical (unpaired) electrons. The van der Waals surface area contributed by atoms with Gasteiger partial charge in [-0.15, -0.1) is 0 Å². The Balaban J connectivity index is 1.93. The van der Waals surface area contributed by atoms with Gasteiger partial charge in [-0.25, -0.2) is 0 Å². The van der Waals surface area contributed by atoms with Crippen LogP contribution in [0.2, 0.25) is 5.02 Å². The number of nitriles is 1. The third kappa shape index (κ3) is 6.44. The molecule has 2 aromatic rings. The van der Waals surface area contributed by atoms with Gasteiger partial charge in [0.05, 0.1) is 20.3 Å². The first-order valence-electron chi connectivity index (χ1n) is 9.09. The Kier molecular flexibility index (Phi) is 8.38. The standard InChI is InChI=1S/C22H24ClN3O3/c1-15(17-6-9-20(28-2)21(12-17)29-3)26-22(27)18(13-24)14-25-11-10-16-4-7-19(23)8-5-16/h4-9,12,14-15,25H,10-11H2,1-3H3,(H,26,27)/b18-14-. The molecule has 152 valence electrons. The SMILES string of the molecule is COc1ccc(C(C)NC(=O)/C(C#N)=C\NCCc2ccc(Cl)cc2)cc1OC. The number of hydrogen-bond donors (Lipinski definition) is 2. The van der Waals surface area contributed by atoms with Crippen LogP contribution in [0.1, 0.15) is 24.1 Å². The second kappa shape index (κ2) is 11.0. The number of rotatable bonds is 9. The van der Waals surface area contributed by atoms with Crippen molar-refractivity contribution in [1.82, 2.24) is 10.6 Å². The molecule has 0 aliphatic heterocycles. The van der Waals surface area contributed by atoms with Crippen molar-refractivity contribution in [3.63, 3.8) is 0 Å². The molecule has 7 heteroatoms. The molecule has 0 saturated heterocycles. The lowest BCUT2D eigenvalue weighted by Crippen LogP contribution is -2.28. The third-order valence-electron chi connectivity index (χ3n) is 4.34. The lowest BCUT2D eigenvalue weighted by Gasteiger charge is -2.16. The molecule has 0 aromatic heterocycles. The van der Waals surface area contributed by atoms with E-state index in [1.54, 1.807) is 26.4 Å². The summed E-state index contributed by atoms with van der Waals surface area (Å²) in [6.45, 7) is 2.42. The van der Waals surface area contributed by atoms with E-state index in [9.17, 15) is 10.1 Å². The summed E-state index contributed by atoms with van der Waals surface area (Å²) in [7, 11) is 3.11. The number of benzene rings is 2. The van der Waals surface area contributed by atoms with E-state index >= 15 is 0 Å². The zero-order chi connectivity index (χ0) is 21.2. The smallest absolute Gasteiger partial charge is 0.263 e. The van der Waals surface area contributed by atoms with Crippen LogP contribution in [0.4, 0.5) is 0 Å². The zero-order valence-corrected chi connectivity index (χ0v) is 17.4. The molecule has 0 heterocycles. The molecule has 1 atom stereocenters. The maximum Gasteiger partial charge on any atom is 0.263 e. The molecule has 0 aliphatic carbocycles. The van der Waals surface area contributed by atoms with Crippen LogP contribution < -0.4 is 20.1 Å². The van der Waals surface area contributed by atoms with E-state index in [2.05, 4.69) is 10.6 Å². The van der Waals surface area contributed by atoms with Crippen molar-refractivity contribution in [2.24, 2.45) is 0 Å². The van der Waals surface area contributed by atoms with Gasteiger partial charge in [0.15, 0.2) is 11.5 Å². The van der Waals surface area contributed by atoms with Gasteiger partial charge >= 0.3 is 0 Å². The molecule has 29 heavy (non-hydrogen) atoms. The molecule has 1 unspecified atom stereocenters. The van der Waals surface area contributed by atoms with Crippen LogP contribution in [-0.4, -0.2) is 26.7 Å². The Bertz CT molecular complexity index is 905. The van der Waals surface area contributed by atoms with Crippen molar-refractivity contribution in [2.75, 3.05) is 20.8 Å². The summed E-state index contributed by atoms with van der Waals surface area (Å²) in [6.07, 6.45) is 2.18. The van der Waals surface area contributed by atoms with Crippen molar-refractivity contribution in [3.8, 4) is 17.6 Å². The molecule has 0 bridgehead atoms. The van der Waals surface area contributed by atoms with Crippen LogP contribution in [0.25, 0.3) is 0 Å². The lowest BCUT2D eigenvalue weighted by atomic mass is 10.1. The van der Waals surface area contributed by atoms with E-state index in [1.165, 1.54) is 6.20 Å². The Morgan fingerprint density at radius 2 is 1.86 bits per heavy atom. The van der Waals surface area contributed by atoms with Crippen molar-refractivity contribution in [1.29, 1.82) is 5.26 Å². The highest BCUT2D eigenvalue weighted by atomic mass is 35.5. The number of nitrogens with zero attached hydrogens (tertiary/aromatic N) is 1. The third-order valence-corrected chi connectivity index (χ3v) is 4.59. The summed E-state index contributed by atoms with van der Waals surface area (Å²) in [5.41, 5.74) is 1.96. The normalized spacial score (nSPS) is 11.9. The van der Waals surface area contributed by atoms with Crippen molar-refractivity contribution >= 4 is 17.5 Å². The first-order valence-corrected chi connectivity index (χ1v) is 9.47. The minimum atomic E-state index is -0.450. The van der Waals surface area contributed by atoms with E-state index in [0.717, 1.165) is 17.5 Å². The summed E-state index contributed by atoms with van der Waals surface area (Å²) >= 11 is 5.87. The van der Waals surface area contributed by atoms with Gasteiger partial charge in [-0.3, -0.25) is 4.79 Å². The van der Waals surface area contributed by atoms with Crippen LogP contribution in [0.3, 0.4) is 0 Å². The van der Waals surface area contributed by atoms with Crippen LogP contribution in [0.5, 0.6) is 11.5 Å². The Morgan fingerprint density at radius 1 is 1.17 bits per heavy atom. The maximum absolute atomic E-state index is 12.4. The largest absolute Gasteiger partial charge is 0.493 e. The number of carbonyl (C=O) groups is 1. The quantitative estimate of drug-likeness (QED) is 0.371. The van der Waals surface area contributed by atoms with Gasteiger partial charge in [0.25, 0.3) is 5.91 Å². The fourth-order valence-corrected chi connectivity index (χ4v) is 2.80. The number of methoxy groups -OCH3 is 2. The highest BCUT2D eigenvalue weighted by Crippen LogP contribution is 2.29. The van der Waals surface area contributed by atoms with Gasteiger partial charge in [0, 0.05) is 17.8 Å². The fraction of sp³-hybridized carbons (Fsp3) is 0.273. The Morgan fingerprint density at radius 3 is 2.48 bits per heavy atom. The van der Waals surface area contributed by atoms with E-state index in [0.29, 0.717) is 23.1 Å². The topological polar surface area (TPSA) is 83.4 Å². The minimum Gasteiger partial charge on any atom is -0.493 e. The molecule has 0 fully saturated rings. The number of nitrogens with one attached hydrogen (secondary N) is 2. The summed E-state index contributed by atoms with van der Waals surface area (Å²) < 4.78 is 10.5. The highest BCUT2D eigenvalue weighted by Gasteiger charge is 2.15. The molecule has 1 amide bonds. The highest BCUT2D eigenvalue weighted by molar-refractivity contribution is 6.30. The number of ether oxygens (including phenoxy) is 2. The first kappa shape index (κ1) is 22.1. The van der Waals surface area contributed by atoms with Crippen molar-refractivity contribution in [2.45, 2.75) is 19.4 Å². The molecule has 0 aliphatic rings. The fourth-order valence-electron chi connectivity index (χ4n) is 2.67. The predicted octanol–water partition coefficient (Wildman–Crippen LogP) is 3.77. The summed E-state index contributed by atoms with van der Waals surface area (Å²) in [6, 6.07) is 14.6. The van der Waals surface area contributed by atoms with E-state index in [-0.39, 0.29) is 11.6 Å². The molecule has 2 N–H and O–H groups in total. The molecular formula is C22H24ClN3O3. The minimum absolute atomic E-state index is 0.00781. The molecule has 2 rings (SSSR count). The monoisotopic (exact) mass is 413 g/mol. The summed E-state index contributed by atoms with van der Waals surface area (Å²) in [5.74, 6) is 0.733. The molecule has 6 nitrogen and oxygen atoms in total. The van der Waals surface area contributed by atoms with E-state index in [1.807, 2.05) is 43.3 Å². The number of amides is 1. The first-order chi connectivity index (χ1) is 14.0. The van der Waals surface area contributed by atoms with Crippen molar-refractivity contribution < 1.29 is 14.3 Å². The molecule has 2 aromatic carbocycles. The van der Waals surface area contributed by atoms with Gasteiger partial charge in [-0.1, -0.05) is 29.8 Å². The van der Waals surface area contributed by atoms with Crippen LogP contribution in [0.15, 0.2) is 54.2 Å². The van der Waals surface area contributed by atoms with Crippen LogP contribution in [-0.2, 0) is 11.2 Å². The van der Waals surface area contributed by atoms with Gasteiger partial charge in [0.1, 0.15) is 11.6 Å². The zero-order valence-electron chi connectivity index (χ0n) is 16.7. The number of hydrogen-bond acceptors (Lipinski definition) is 5. The van der Waals surface area contributed by atoms with Crippen LogP contribution >= 0.6 is 11.6 Å². The lowest BCUT2D eigenvalue weighted by molar-refractivity contribution is -0.117. The average Bonchev–Trinajstić information content (AvgIpc) is 2.74. The molecular weight excluding hydrogens is 390 g/mol. The summed E-state index contributed by atoms with van der Waals surface area (Å²) in [5, 5.41) is 15.8. The van der Waals surface area contributed by atoms with E-state index in [4.69, 9.17) is 21.1 Å². The number of carbonyl (C=O) groups excluding carboxylic acids is 1. The van der Waals surface area contributed by atoms with Gasteiger partial charge in [-0.05, 0) is 48.7 Å². The number of halogens is 1. The molecule has 0 spiro atoms. The summed E-state index contributed by atoms with van der Waals surface area (Å²) in [4.78, 5) is 12.4. The van der Waals surface area contributed by atoms with Gasteiger partial charge in [0.2, 0.25) is 0 Å². The second-order valence-electron chi connectivity index (χ2n) is 6.31. The Labute approximate surface area is 176 Å². The maximum atomic E-state index is 12.4.